The van der Waals surface area contributed by atoms with E-state index in [1.165, 1.54) is 0 Å². The largest absolute Gasteiger partial charge is 0.480 e. The van der Waals surface area contributed by atoms with E-state index in [0.29, 0.717) is 0 Å². The molecule has 21 heavy (non-hydrogen) atoms. The highest BCUT2D eigenvalue weighted by molar-refractivity contribution is 5.69. The Labute approximate surface area is 120 Å². The number of hydrogen-bond donors (Lipinski definition) is 9. The van der Waals surface area contributed by atoms with Gasteiger partial charge in [0.15, 0.2) is 0 Å². The standard InChI is InChI=1S/C3H8O3.3C2H5NO2/c4-1-3(6)2-5;3*3-1-2(4)5/h3-6H,1-2H2;3*1,3H2,(H,4,5). The molecule has 0 heterocycles. The van der Waals surface area contributed by atoms with Crippen molar-refractivity contribution in [3.05, 3.63) is 0 Å². The van der Waals surface area contributed by atoms with Gasteiger partial charge in [0, 0.05) is 0 Å². The predicted octanol–water partition coefficient (Wildman–Crippen LogP) is -4.58. The van der Waals surface area contributed by atoms with Crippen molar-refractivity contribution >= 4 is 17.9 Å². The average Bonchev–Trinajstić information content (AvgIpc) is 2.47. The molecule has 0 rings (SSSR count). The Balaban J connectivity index is -0.0000000921. The molecule has 0 unspecified atom stereocenters. The van der Waals surface area contributed by atoms with Crippen LogP contribution < -0.4 is 17.2 Å². The minimum absolute atomic E-state index is 0.278. The molecule has 0 radical (unpaired) electrons. The molecule has 0 aromatic heterocycles. The third-order valence-electron chi connectivity index (χ3n) is 0.945. The van der Waals surface area contributed by atoms with Crippen molar-refractivity contribution in [3.63, 3.8) is 0 Å². The van der Waals surface area contributed by atoms with Gasteiger partial charge in [0.2, 0.25) is 0 Å². The molecule has 0 bridgehead atoms. The fourth-order valence-corrected chi connectivity index (χ4v) is 0.0577. The first kappa shape index (κ1) is 27.5. The molecule has 0 atom stereocenters. The van der Waals surface area contributed by atoms with E-state index in [2.05, 4.69) is 17.2 Å². The van der Waals surface area contributed by atoms with Gasteiger partial charge >= 0.3 is 17.9 Å². The molecule has 0 aliphatic rings. The van der Waals surface area contributed by atoms with E-state index in [0.717, 1.165) is 0 Å². The van der Waals surface area contributed by atoms with Crippen LogP contribution in [0.5, 0.6) is 0 Å². The van der Waals surface area contributed by atoms with E-state index in [1.807, 2.05) is 0 Å². The first-order valence-electron chi connectivity index (χ1n) is 5.28. The minimum atomic E-state index is -0.968. The summed E-state index contributed by atoms with van der Waals surface area (Å²) in [5.74, 6) is -2.90. The maximum Gasteiger partial charge on any atom is 0.317 e. The van der Waals surface area contributed by atoms with Gasteiger partial charge in [0.25, 0.3) is 0 Å². The molecule has 12 N–H and O–H groups in total. The summed E-state index contributed by atoms with van der Waals surface area (Å²) >= 11 is 0. The second kappa shape index (κ2) is 23.3. The lowest BCUT2D eigenvalue weighted by atomic mass is 10.4. The molecule has 0 saturated carbocycles. The van der Waals surface area contributed by atoms with Gasteiger partial charge in [-0.1, -0.05) is 0 Å². The number of carboxylic acid groups (broad SMARTS) is 3. The number of carboxylic acids is 3. The highest BCUT2D eigenvalue weighted by Crippen LogP contribution is 1.71. The maximum atomic E-state index is 9.24. The van der Waals surface area contributed by atoms with E-state index >= 15 is 0 Å². The zero-order chi connectivity index (χ0) is 17.8. The van der Waals surface area contributed by atoms with E-state index in [-0.39, 0.29) is 32.8 Å². The van der Waals surface area contributed by atoms with Crippen molar-refractivity contribution in [3.8, 4) is 0 Å². The molecule has 0 aliphatic carbocycles. The van der Waals surface area contributed by atoms with E-state index in [4.69, 9.17) is 30.6 Å². The Morgan fingerprint density at radius 3 is 0.857 bits per heavy atom. The Hall–Kier alpha value is -1.83. The van der Waals surface area contributed by atoms with Crippen molar-refractivity contribution in [1.82, 2.24) is 0 Å². The molecule has 0 aromatic rings. The van der Waals surface area contributed by atoms with Crippen LogP contribution >= 0.6 is 0 Å². The molecule has 12 heteroatoms. The van der Waals surface area contributed by atoms with Crippen molar-refractivity contribution in [1.29, 1.82) is 0 Å². The van der Waals surface area contributed by atoms with Gasteiger partial charge in [-0.2, -0.15) is 0 Å². The molecule has 0 amide bonds. The van der Waals surface area contributed by atoms with Crippen LogP contribution in [0.15, 0.2) is 0 Å². The Morgan fingerprint density at radius 1 is 0.714 bits per heavy atom. The van der Waals surface area contributed by atoms with Crippen LogP contribution in [0.3, 0.4) is 0 Å². The summed E-state index contributed by atoms with van der Waals surface area (Å²) in [5.41, 5.74) is 13.7. The number of aliphatic hydroxyl groups is 3. The summed E-state index contributed by atoms with van der Waals surface area (Å²) in [4.78, 5) is 27.7. The first-order chi connectivity index (χ1) is 9.62. The van der Waals surface area contributed by atoms with Crippen LogP contribution in [0.4, 0.5) is 0 Å². The molecule has 128 valence electrons. The molecule has 0 spiro atoms. The topological polar surface area (TPSA) is 251 Å². The summed E-state index contributed by atoms with van der Waals surface area (Å²) < 4.78 is 0. The number of carbonyl (C=O) groups is 3. The summed E-state index contributed by atoms with van der Waals surface area (Å²) in [7, 11) is 0. The molecular formula is C9H23N3O9. The normalized spacial score (nSPS) is 8.14. The van der Waals surface area contributed by atoms with Crippen molar-refractivity contribution < 1.29 is 45.0 Å². The molecule has 0 aliphatic heterocycles. The van der Waals surface area contributed by atoms with Crippen LogP contribution in [-0.4, -0.2) is 87.5 Å². The lowest BCUT2D eigenvalue weighted by molar-refractivity contribution is -0.136. The SMILES string of the molecule is NCC(=O)O.NCC(=O)O.NCC(=O)O.OCC(O)CO. The van der Waals surface area contributed by atoms with Crippen molar-refractivity contribution in [2.24, 2.45) is 17.2 Å². The highest BCUT2D eigenvalue weighted by atomic mass is 16.4. The summed E-state index contributed by atoms with van der Waals surface area (Å²) in [6.45, 7) is -1.56. The molecule has 0 fully saturated rings. The molecular weight excluding hydrogens is 294 g/mol. The number of aliphatic hydroxyl groups excluding tert-OH is 3. The van der Waals surface area contributed by atoms with Gasteiger partial charge in [0.05, 0.1) is 32.8 Å². The zero-order valence-corrected chi connectivity index (χ0v) is 11.3. The second-order valence-corrected chi connectivity index (χ2v) is 2.81. The van der Waals surface area contributed by atoms with Gasteiger partial charge in [-0.3, -0.25) is 14.4 Å². The van der Waals surface area contributed by atoms with Gasteiger partial charge < -0.3 is 47.8 Å². The van der Waals surface area contributed by atoms with Gasteiger partial charge in [-0.05, 0) is 0 Å². The van der Waals surface area contributed by atoms with Crippen molar-refractivity contribution in [2.45, 2.75) is 6.10 Å². The smallest absolute Gasteiger partial charge is 0.317 e. The maximum absolute atomic E-state index is 9.24. The van der Waals surface area contributed by atoms with Gasteiger partial charge in [0.1, 0.15) is 6.10 Å². The Bertz CT molecular complexity index is 226. The lowest BCUT2D eigenvalue weighted by Gasteiger charge is -1.96. The Morgan fingerprint density at radius 2 is 0.857 bits per heavy atom. The van der Waals surface area contributed by atoms with Crippen LogP contribution in [0.2, 0.25) is 0 Å². The number of rotatable bonds is 5. The summed E-state index contributed by atoms with van der Waals surface area (Å²) in [5, 5.41) is 46.8. The monoisotopic (exact) mass is 317 g/mol. The number of hydrogen-bond acceptors (Lipinski definition) is 9. The lowest BCUT2D eigenvalue weighted by Crippen LogP contribution is -2.15. The zero-order valence-electron chi connectivity index (χ0n) is 11.3. The van der Waals surface area contributed by atoms with Crippen LogP contribution in [0.25, 0.3) is 0 Å². The van der Waals surface area contributed by atoms with Gasteiger partial charge in [-0.15, -0.1) is 0 Å². The third-order valence-corrected chi connectivity index (χ3v) is 0.945. The second-order valence-electron chi connectivity index (χ2n) is 2.81. The molecule has 0 saturated heterocycles. The molecule has 12 nitrogen and oxygen atoms in total. The number of aliphatic carboxylic acids is 3. The quantitative estimate of drug-likeness (QED) is 0.232. The molecule has 0 aromatic carbocycles. The van der Waals surface area contributed by atoms with Crippen LogP contribution in [-0.2, 0) is 14.4 Å². The van der Waals surface area contributed by atoms with Gasteiger partial charge in [-0.25, -0.2) is 0 Å². The van der Waals surface area contributed by atoms with Crippen LogP contribution in [0, 0.1) is 0 Å². The predicted molar refractivity (Wildman–Crippen MR) is 70.2 cm³/mol. The van der Waals surface area contributed by atoms with Crippen molar-refractivity contribution in [2.75, 3.05) is 32.8 Å². The minimum Gasteiger partial charge on any atom is -0.480 e. The first-order valence-corrected chi connectivity index (χ1v) is 5.28. The summed E-state index contributed by atoms with van der Waals surface area (Å²) in [6.07, 6.45) is -0.954. The summed E-state index contributed by atoms with van der Waals surface area (Å²) in [6, 6.07) is 0. The average molecular weight is 317 g/mol. The fourth-order valence-electron chi connectivity index (χ4n) is 0.0577. The number of nitrogens with two attached hydrogens (primary N) is 3. The third kappa shape index (κ3) is 71.2. The fraction of sp³-hybridized carbons (Fsp3) is 0.667. The van der Waals surface area contributed by atoms with E-state index < -0.39 is 24.0 Å². The van der Waals surface area contributed by atoms with E-state index in [9.17, 15) is 14.4 Å². The van der Waals surface area contributed by atoms with Crippen LogP contribution in [0.1, 0.15) is 0 Å². The van der Waals surface area contributed by atoms with E-state index in [1.54, 1.807) is 0 Å². The highest BCUT2D eigenvalue weighted by Gasteiger charge is 1.93. The Kier molecular flexibility index (Phi) is 30.5.